The number of carboxylic acids is 1. The molecule has 2 N–H and O–H groups in total. The Morgan fingerprint density at radius 2 is 2.06 bits per heavy atom. The van der Waals surface area contributed by atoms with Gasteiger partial charge in [0.15, 0.2) is 0 Å². The van der Waals surface area contributed by atoms with Crippen molar-refractivity contribution in [3.63, 3.8) is 0 Å². The van der Waals surface area contributed by atoms with Crippen molar-refractivity contribution in [2.75, 3.05) is 13.2 Å². The van der Waals surface area contributed by atoms with Gasteiger partial charge in [0.25, 0.3) is 0 Å². The van der Waals surface area contributed by atoms with Gasteiger partial charge in [0.2, 0.25) is 5.91 Å². The summed E-state index contributed by atoms with van der Waals surface area (Å²) >= 11 is 0. The lowest BCUT2D eigenvalue weighted by Gasteiger charge is -2.27. The van der Waals surface area contributed by atoms with Crippen LogP contribution in [0.15, 0.2) is 0 Å². The molecule has 1 fully saturated rings. The van der Waals surface area contributed by atoms with E-state index in [2.05, 4.69) is 12.2 Å². The van der Waals surface area contributed by atoms with Gasteiger partial charge >= 0.3 is 5.97 Å². The minimum atomic E-state index is -0.799. The zero-order valence-electron chi connectivity index (χ0n) is 11.0. The summed E-state index contributed by atoms with van der Waals surface area (Å²) in [5.74, 6) is -0.261. The highest BCUT2D eigenvalue weighted by Gasteiger charge is 2.19. The van der Waals surface area contributed by atoms with Crippen LogP contribution in [0.25, 0.3) is 0 Å². The molecule has 1 amide bonds. The van der Waals surface area contributed by atoms with Crippen LogP contribution in [0.1, 0.15) is 45.4 Å². The highest BCUT2D eigenvalue weighted by molar-refractivity contribution is 5.75. The molecule has 104 valence electrons. The molecule has 0 bridgehead atoms. The number of carbonyl (C=O) groups is 2. The topological polar surface area (TPSA) is 75.6 Å². The number of rotatable bonds is 7. The quantitative estimate of drug-likeness (QED) is 0.679. The second kappa shape index (κ2) is 8.08. The number of unbranched alkanes of at least 4 members (excludes halogenated alkanes) is 1. The van der Waals surface area contributed by atoms with Gasteiger partial charge in [-0.15, -0.1) is 0 Å². The highest BCUT2D eigenvalue weighted by Crippen LogP contribution is 2.18. The lowest BCUT2D eigenvalue weighted by Crippen LogP contribution is -2.34. The van der Waals surface area contributed by atoms with E-state index in [-0.39, 0.29) is 18.4 Å². The second-order valence-electron chi connectivity index (χ2n) is 4.98. The summed E-state index contributed by atoms with van der Waals surface area (Å²) in [6.07, 6.45) is 4.07. The van der Waals surface area contributed by atoms with Crippen LogP contribution < -0.4 is 5.32 Å². The standard InChI is InChI=1S/C13H23NO4/c1-10-8-11(6-7-18-10)9-14-12(15)4-2-3-5-13(16)17/h10-11H,2-9H2,1H3,(H,14,15)(H,16,17). The van der Waals surface area contributed by atoms with Crippen LogP contribution in [0.4, 0.5) is 0 Å². The molecular weight excluding hydrogens is 234 g/mol. The maximum atomic E-state index is 11.5. The summed E-state index contributed by atoms with van der Waals surface area (Å²) in [7, 11) is 0. The van der Waals surface area contributed by atoms with Crippen molar-refractivity contribution in [2.45, 2.75) is 51.6 Å². The van der Waals surface area contributed by atoms with Crippen molar-refractivity contribution >= 4 is 11.9 Å². The first kappa shape index (κ1) is 15.0. The fourth-order valence-electron chi connectivity index (χ4n) is 2.18. The Labute approximate surface area is 108 Å². The largest absolute Gasteiger partial charge is 0.481 e. The minimum Gasteiger partial charge on any atom is -0.481 e. The predicted octanol–water partition coefficient (Wildman–Crippen LogP) is 1.56. The van der Waals surface area contributed by atoms with E-state index >= 15 is 0 Å². The van der Waals surface area contributed by atoms with Gasteiger partial charge in [0.1, 0.15) is 0 Å². The van der Waals surface area contributed by atoms with Gasteiger partial charge in [-0.1, -0.05) is 0 Å². The van der Waals surface area contributed by atoms with Crippen LogP contribution in [-0.2, 0) is 14.3 Å². The molecule has 1 aliphatic heterocycles. The van der Waals surface area contributed by atoms with Gasteiger partial charge in [-0.2, -0.15) is 0 Å². The molecule has 1 rings (SSSR count). The maximum absolute atomic E-state index is 11.5. The Morgan fingerprint density at radius 3 is 2.72 bits per heavy atom. The van der Waals surface area contributed by atoms with Crippen LogP contribution in [-0.4, -0.2) is 36.2 Å². The molecule has 0 aromatic heterocycles. The molecule has 1 saturated heterocycles. The molecule has 5 nitrogen and oxygen atoms in total. The Bertz CT molecular complexity index is 280. The smallest absolute Gasteiger partial charge is 0.303 e. The van der Waals surface area contributed by atoms with Gasteiger partial charge in [-0.3, -0.25) is 9.59 Å². The van der Waals surface area contributed by atoms with E-state index in [4.69, 9.17) is 9.84 Å². The van der Waals surface area contributed by atoms with Gasteiger partial charge in [-0.25, -0.2) is 0 Å². The average Bonchev–Trinajstić information content (AvgIpc) is 2.32. The molecule has 0 radical (unpaired) electrons. The summed E-state index contributed by atoms with van der Waals surface area (Å²) in [6, 6.07) is 0. The van der Waals surface area contributed by atoms with E-state index in [0.717, 1.165) is 19.4 Å². The van der Waals surface area contributed by atoms with Crippen LogP contribution in [0.2, 0.25) is 0 Å². The fourth-order valence-corrected chi connectivity index (χ4v) is 2.18. The monoisotopic (exact) mass is 257 g/mol. The molecule has 2 unspecified atom stereocenters. The van der Waals surface area contributed by atoms with Crippen LogP contribution >= 0.6 is 0 Å². The second-order valence-corrected chi connectivity index (χ2v) is 4.98. The van der Waals surface area contributed by atoms with Gasteiger partial charge in [0, 0.05) is 26.0 Å². The number of carbonyl (C=O) groups excluding carboxylic acids is 1. The van der Waals surface area contributed by atoms with Crippen LogP contribution in [0.5, 0.6) is 0 Å². The maximum Gasteiger partial charge on any atom is 0.303 e. The Hall–Kier alpha value is -1.10. The zero-order chi connectivity index (χ0) is 13.4. The van der Waals surface area contributed by atoms with E-state index in [1.165, 1.54) is 0 Å². The molecule has 0 aliphatic carbocycles. The number of hydrogen-bond acceptors (Lipinski definition) is 3. The van der Waals surface area contributed by atoms with Crippen molar-refractivity contribution in [3.05, 3.63) is 0 Å². The molecule has 0 aromatic rings. The summed E-state index contributed by atoms with van der Waals surface area (Å²) in [5, 5.41) is 11.4. The Kier molecular flexibility index (Phi) is 6.72. The van der Waals surface area contributed by atoms with E-state index < -0.39 is 5.97 Å². The van der Waals surface area contributed by atoms with E-state index in [9.17, 15) is 9.59 Å². The molecule has 1 heterocycles. The van der Waals surface area contributed by atoms with E-state index in [0.29, 0.717) is 31.7 Å². The Balaban J connectivity index is 2.04. The zero-order valence-corrected chi connectivity index (χ0v) is 11.0. The first-order valence-corrected chi connectivity index (χ1v) is 6.68. The number of amides is 1. The molecule has 1 aliphatic rings. The van der Waals surface area contributed by atoms with Gasteiger partial charge in [0.05, 0.1) is 6.10 Å². The molecule has 0 saturated carbocycles. The third-order valence-corrected chi connectivity index (χ3v) is 3.23. The van der Waals surface area contributed by atoms with E-state index in [1.54, 1.807) is 0 Å². The summed E-state index contributed by atoms with van der Waals surface area (Å²) in [5.41, 5.74) is 0. The molecular formula is C13H23NO4. The number of hydrogen-bond donors (Lipinski definition) is 2. The van der Waals surface area contributed by atoms with Gasteiger partial charge in [-0.05, 0) is 38.5 Å². The van der Waals surface area contributed by atoms with Crippen molar-refractivity contribution in [2.24, 2.45) is 5.92 Å². The average molecular weight is 257 g/mol. The molecule has 0 aromatic carbocycles. The SMILES string of the molecule is CC1CC(CNC(=O)CCCCC(=O)O)CCO1. The predicted molar refractivity (Wildman–Crippen MR) is 67.3 cm³/mol. The Morgan fingerprint density at radius 1 is 1.33 bits per heavy atom. The van der Waals surface area contributed by atoms with Crippen molar-refractivity contribution < 1.29 is 19.4 Å². The van der Waals surface area contributed by atoms with Crippen molar-refractivity contribution in [1.82, 2.24) is 5.32 Å². The lowest BCUT2D eigenvalue weighted by atomic mass is 9.96. The first-order valence-electron chi connectivity index (χ1n) is 6.68. The lowest BCUT2D eigenvalue weighted by molar-refractivity contribution is -0.137. The molecule has 5 heteroatoms. The number of carboxylic acid groups (broad SMARTS) is 1. The number of ether oxygens (including phenoxy) is 1. The summed E-state index contributed by atoms with van der Waals surface area (Å²) < 4.78 is 5.45. The third-order valence-electron chi connectivity index (χ3n) is 3.23. The van der Waals surface area contributed by atoms with Crippen LogP contribution in [0, 0.1) is 5.92 Å². The molecule has 2 atom stereocenters. The number of aliphatic carboxylic acids is 1. The van der Waals surface area contributed by atoms with Gasteiger partial charge < -0.3 is 15.2 Å². The minimum absolute atomic E-state index is 0.0273. The van der Waals surface area contributed by atoms with Crippen molar-refractivity contribution in [3.8, 4) is 0 Å². The normalized spacial score (nSPS) is 23.6. The van der Waals surface area contributed by atoms with Crippen molar-refractivity contribution in [1.29, 1.82) is 0 Å². The van der Waals surface area contributed by atoms with E-state index in [1.807, 2.05) is 0 Å². The summed E-state index contributed by atoms with van der Waals surface area (Å²) in [6.45, 7) is 3.55. The highest BCUT2D eigenvalue weighted by atomic mass is 16.5. The third kappa shape index (κ3) is 6.59. The summed E-state index contributed by atoms with van der Waals surface area (Å²) in [4.78, 5) is 21.8. The number of nitrogens with one attached hydrogen (secondary N) is 1. The molecule has 0 spiro atoms. The first-order chi connectivity index (χ1) is 8.58. The fraction of sp³-hybridized carbons (Fsp3) is 0.846. The van der Waals surface area contributed by atoms with Crippen LogP contribution in [0.3, 0.4) is 0 Å². The molecule has 18 heavy (non-hydrogen) atoms.